The molecule has 0 aromatic heterocycles. The molecule has 1 aliphatic heterocycles. The molecule has 0 saturated heterocycles. The molecule has 0 bridgehead atoms. The first-order chi connectivity index (χ1) is 18.2. The highest BCUT2D eigenvalue weighted by Gasteiger charge is 2.34. The highest BCUT2D eigenvalue weighted by atomic mass is 32.2. The third kappa shape index (κ3) is 5.61. The van der Waals surface area contributed by atoms with E-state index in [2.05, 4.69) is 13.8 Å². The number of imide groups is 1. The molecule has 1 aliphatic rings. The number of anilines is 1. The Labute approximate surface area is 225 Å². The lowest BCUT2D eigenvalue weighted by Gasteiger charge is -2.31. The molecule has 2 amide bonds. The van der Waals surface area contributed by atoms with Gasteiger partial charge in [-0.2, -0.15) is 8.42 Å². The van der Waals surface area contributed by atoms with Crippen molar-refractivity contribution in [2.75, 3.05) is 31.6 Å². The fourth-order valence-corrected chi connectivity index (χ4v) is 5.88. The van der Waals surface area contributed by atoms with Crippen molar-refractivity contribution in [3.05, 3.63) is 71.3 Å². The molecule has 8 heteroatoms. The summed E-state index contributed by atoms with van der Waals surface area (Å²) >= 11 is 0. The molecule has 0 spiro atoms. The minimum absolute atomic E-state index is 0.0442. The van der Waals surface area contributed by atoms with Crippen LogP contribution in [-0.2, 0) is 14.3 Å². The van der Waals surface area contributed by atoms with Crippen LogP contribution in [0.1, 0.15) is 65.8 Å². The number of aryl methyl sites for hydroxylation is 1. The molecule has 3 aromatic carbocycles. The van der Waals surface area contributed by atoms with Gasteiger partial charge in [0, 0.05) is 47.7 Å². The summed E-state index contributed by atoms with van der Waals surface area (Å²) in [6, 6.07) is 15.7. The smallest absolute Gasteiger partial charge is 0.297 e. The fraction of sp³-hybridized carbons (Fsp3) is 0.400. The number of amides is 2. The van der Waals surface area contributed by atoms with Crippen molar-refractivity contribution in [2.45, 2.75) is 51.3 Å². The Morgan fingerprint density at radius 2 is 1.63 bits per heavy atom. The van der Waals surface area contributed by atoms with Crippen LogP contribution in [0.15, 0.2) is 59.5 Å². The number of hydrogen-bond acceptors (Lipinski definition) is 6. The van der Waals surface area contributed by atoms with Gasteiger partial charge in [0.1, 0.15) is 0 Å². The quantitative estimate of drug-likeness (QED) is 0.215. The van der Waals surface area contributed by atoms with Gasteiger partial charge in [0.2, 0.25) is 0 Å². The van der Waals surface area contributed by atoms with Gasteiger partial charge in [-0.1, -0.05) is 62.9 Å². The predicted octanol–water partition coefficient (Wildman–Crippen LogP) is 5.80. The van der Waals surface area contributed by atoms with Crippen molar-refractivity contribution in [1.82, 2.24) is 4.90 Å². The zero-order valence-electron chi connectivity index (χ0n) is 22.6. The van der Waals surface area contributed by atoms with Crippen molar-refractivity contribution in [2.24, 2.45) is 5.92 Å². The summed E-state index contributed by atoms with van der Waals surface area (Å²) in [5.74, 6) is -0.226. The maximum absolute atomic E-state index is 13.5. The Bertz CT molecular complexity index is 1410. The van der Waals surface area contributed by atoms with E-state index in [1.807, 2.05) is 37.1 Å². The van der Waals surface area contributed by atoms with E-state index < -0.39 is 10.1 Å². The molecule has 0 aliphatic carbocycles. The van der Waals surface area contributed by atoms with Crippen LogP contribution in [0.3, 0.4) is 0 Å². The van der Waals surface area contributed by atoms with E-state index in [9.17, 15) is 18.0 Å². The van der Waals surface area contributed by atoms with Gasteiger partial charge in [0.15, 0.2) is 0 Å². The van der Waals surface area contributed by atoms with Gasteiger partial charge in [-0.05, 0) is 49.6 Å². The Kier molecular flexibility index (Phi) is 8.53. The first kappa shape index (κ1) is 27.8. The van der Waals surface area contributed by atoms with E-state index >= 15 is 0 Å². The number of carbonyl (C=O) groups excluding carboxylic acids is 2. The lowest BCUT2D eigenvalue weighted by Crippen LogP contribution is -2.43. The number of benzene rings is 3. The van der Waals surface area contributed by atoms with Crippen molar-refractivity contribution < 1.29 is 22.2 Å². The predicted molar refractivity (Wildman–Crippen MR) is 150 cm³/mol. The van der Waals surface area contributed by atoms with Gasteiger partial charge in [-0.3, -0.25) is 18.7 Å². The van der Waals surface area contributed by atoms with Gasteiger partial charge in [-0.15, -0.1) is 0 Å². The van der Waals surface area contributed by atoms with E-state index in [1.165, 1.54) is 17.0 Å². The number of unbranched alkanes of at least 4 members (excludes halogenated alkanes) is 1. The first-order valence-corrected chi connectivity index (χ1v) is 14.7. The standard InChI is InChI=1S/C30H36N2O5S/c1-5-7-9-22(6-2)20-32-29(33)25-11-8-10-24-27(17-16-26(28(24)25)30(32)34)31(4)18-19-37-38(35,36)23-14-12-21(3)13-15-23/h8,10-17,22H,5-7,9,18-20H2,1-4H3. The van der Waals surface area contributed by atoms with Gasteiger partial charge < -0.3 is 4.90 Å². The molecule has 0 saturated carbocycles. The Balaban J connectivity index is 1.54. The van der Waals surface area contributed by atoms with Crippen molar-refractivity contribution in [3.8, 4) is 0 Å². The lowest BCUT2D eigenvalue weighted by molar-refractivity contribution is 0.0580. The number of hydrogen-bond donors (Lipinski definition) is 0. The topological polar surface area (TPSA) is 84.0 Å². The largest absolute Gasteiger partial charge is 0.372 e. The summed E-state index contributed by atoms with van der Waals surface area (Å²) in [7, 11) is -2.03. The average molecular weight is 537 g/mol. The maximum atomic E-state index is 13.5. The Morgan fingerprint density at radius 3 is 2.29 bits per heavy atom. The molecule has 0 N–H and O–H groups in total. The number of nitrogens with zero attached hydrogens (tertiary/aromatic N) is 2. The van der Waals surface area contributed by atoms with Crippen molar-refractivity contribution in [3.63, 3.8) is 0 Å². The molecule has 1 atom stereocenters. The third-order valence-corrected chi connectivity index (χ3v) is 8.67. The highest BCUT2D eigenvalue weighted by Crippen LogP contribution is 2.36. The molecule has 1 heterocycles. The van der Waals surface area contributed by atoms with Crippen molar-refractivity contribution >= 4 is 38.4 Å². The van der Waals surface area contributed by atoms with Crippen LogP contribution in [0.2, 0.25) is 0 Å². The summed E-state index contributed by atoms with van der Waals surface area (Å²) in [6.07, 6.45) is 4.07. The zero-order chi connectivity index (χ0) is 27.4. The van der Waals surface area contributed by atoms with Gasteiger partial charge in [-0.25, -0.2) is 0 Å². The SMILES string of the molecule is CCCCC(CC)CN1C(=O)c2cccc3c(N(C)CCOS(=O)(=O)c4ccc(C)cc4)ccc(c23)C1=O. The van der Waals surface area contributed by atoms with Crippen LogP contribution in [0.5, 0.6) is 0 Å². The van der Waals surface area contributed by atoms with E-state index in [4.69, 9.17) is 4.18 Å². The van der Waals surface area contributed by atoms with Gasteiger partial charge in [0.05, 0.1) is 11.5 Å². The molecule has 1 unspecified atom stereocenters. The van der Waals surface area contributed by atoms with Gasteiger partial charge in [0.25, 0.3) is 21.9 Å². The van der Waals surface area contributed by atoms with Crippen LogP contribution in [0.25, 0.3) is 10.8 Å². The molecule has 3 aromatic rings. The van der Waals surface area contributed by atoms with Crippen LogP contribution in [0, 0.1) is 12.8 Å². The summed E-state index contributed by atoms with van der Waals surface area (Å²) in [4.78, 5) is 30.3. The molecule has 202 valence electrons. The third-order valence-electron chi connectivity index (χ3n) is 7.34. The zero-order valence-corrected chi connectivity index (χ0v) is 23.4. The van der Waals surface area contributed by atoms with Crippen LogP contribution < -0.4 is 4.90 Å². The summed E-state index contributed by atoms with van der Waals surface area (Å²) < 4.78 is 30.4. The number of rotatable bonds is 12. The summed E-state index contributed by atoms with van der Waals surface area (Å²) in [5, 5.41) is 1.43. The molecule has 38 heavy (non-hydrogen) atoms. The summed E-state index contributed by atoms with van der Waals surface area (Å²) in [5.41, 5.74) is 2.81. The Morgan fingerprint density at radius 1 is 0.947 bits per heavy atom. The normalized spacial score (nSPS) is 14.3. The van der Waals surface area contributed by atoms with Gasteiger partial charge >= 0.3 is 0 Å². The Hall–Kier alpha value is -3.23. The molecule has 0 radical (unpaired) electrons. The summed E-state index contributed by atoms with van der Waals surface area (Å²) in [6.45, 7) is 6.82. The van der Waals surface area contributed by atoms with E-state index in [0.29, 0.717) is 29.6 Å². The van der Waals surface area contributed by atoms with E-state index in [0.717, 1.165) is 42.3 Å². The second-order valence-electron chi connectivity index (χ2n) is 10.0. The van der Waals surface area contributed by atoms with Crippen LogP contribution in [-0.4, -0.2) is 51.9 Å². The lowest BCUT2D eigenvalue weighted by atomic mass is 9.91. The second-order valence-corrected chi connectivity index (χ2v) is 11.6. The molecule has 0 fully saturated rings. The molecular formula is C30H36N2O5S. The second kappa shape index (κ2) is 11.7. The molecule has 4 rings (SSSR count). The van der Waals surface area contributed by atoms with Crippen molar-refractivity contribution in [1.29, 1.82) is 0 Å². The van der Waals surface area contributed by atoms with E-state index in [1.54, 1.807) is 24.3 Å². The minimum Gasteiger partial charge on any atom is -0.372 e. The minimum atomic E-state index is -3.87. The molecular weight excluding hydrogens is 500 g/mol. The first-order valence-electron chi connectivity index (χ1n) is 13.3. The number of carbonyl (C=O) groups is 2. The molecule has 7 nitrogen and oxygen atoms in total. The highest BCUT2D eigenvalue weighted by molar-refractivity contribution is 7.86. The fourth-order valence-electron chi connectivity index (χ4n) is 4.98. The van der Waals surface area contributed by atoms with E-state index in [-0.39, 0.29) is 29.2 Å². The monoisotopic (exact) mass is 536 g/mol. The maximum Gasteiger partial charge on any atom is 0.297 e. The van der Waals surface area contributed by atoms with Crippen LogP contribution in [0.4, 0.5) is 5.69 Å². The average Bonchev–Trinajstić information content (AvgIpc) is 2.91. The number of likely N-dealkylation sites (N-methyl/N-ethyl adjacent to an activating group) is 1. The van der Waals surface area contributed by atoms with Crippen LogP contribution >= 0.6 is 0 Å².